The summed E-state index contributed by atoms with van der Waals surface area (Å²) in [6, 6.07) is 25.4. The molecule has 5 nitrogen and oxygen atoms in total. The smallest absolute Gasteiger partial charge is 0.339 e. The maximum absolute atomic E-state index is 13.3. The molecule has 3 aromatic carbocycles. The van der Waals surface area contributed by atoms with Crippen molar-refractivity contribution in [1.29, 1.82) is 0 Å². The number of para-hydroxylation sites is 2. The van der Waals surface area contributed by atoms with Crippen molar-refractivity contribution in [2.24, 2.45) is 0 Å². The fraction of sp³-hybridized carbons (Fsp3) is 0.444. The van der Waals surface area contributed by atoms with Crippen molar-refractivity contribution >= 4 is 16.9 Å². The predicted molar refractivity (Wildman–Crippen MR) is 166 cm³/mol. The molecule has 0 N–H and O–H groups in total. The third-order valence-corrected chi connectivity index (χ3v) is 10.7. The van der Waals surface area contributed by atoms with Gasteiger partial charge < -0.3 is 9.47 Å². The van der Waals surface area contributed by atoms with Gasteiger partial charge in [0.2, 0.25) is 0 Å². The van der Waals surface area contributed by atoms with Gasteiger partial charge in [-0.05, 0) is 106 Å². The van der Waals surface area contributed by atoms with Crippen molar-refractivity contribution in [1.82, 2.24) is 19.4 Å². The second kappa shape index (κ2) is 11.4. The van der Waals surface area contributed by atoms with Gasteiger partial charge in [0.05, 0.1) is 16.6 Å². The molecule has 0 spiro atoms. The number of alkyl halides is 3. The molecule has 0 saturated carbocycles. The van der Waals surface area contributed by atoms with Crippen LogP contribution >= 0.6 is 0 Å². The van der Waals surface area contributed by atoms with E-state index in [9.17, 15) is 18.0 Å². The summed E-state index contributed by atoms with van der Waals surface area (Å²) in [4.78, 5) is 22.7. The Kier molecular flexibility index (Phi) is 7.51. The molecule has 2 bridgehead atoms. The van der Waals surface area contributed by atoms with Crippen molar-refractivity contribution in [3.63, 3.8) is 0 Å². The number of hydrogen-bond donors (Lipinski definition) is 0. The largest absolute Gasteiger partial charge is 0.416 e. The summed E-state index contributed by atoms with van der Waals surface area (Å²) in [6.45, 7) is 4.35. The summed E-state index contributed by atoms with van der Waals surface area (Å²) in [7, 11) is 0. The van der Waals surface area contributed by atoms with Gasteiger partial charge in [0, 0.05) is 36.8 Å². The Morgan fingerprint density at radius 3 is 2.16 bits per heavy atom. The average molecular weight is 601 g/mol. The number of likely N-dealkylation sites (tertiary alicyclic amines) is 1. The summed E-state index contributed by atoms with van der Waals surface area (Å²) in [5, 5.41) is 0. The van der Waals surface area contributed by atoms with Crippen LogP contribution in [0.3, 0.4) is 0 Å². The number of benzene rings is 3. The minimum atomic E-state index is -4.41. The summed E-state index contributed by atoms with van der Waals surface area (Å²) in [5.74, 6) is 0.910. The van der Waals surface area contributed by atoms with Gasteiger partial charge >= 0.3 is 6.18 Å². The summed E-state index contributed by atoms with van der Waals surface area (Å²) >= 11 is 0. The molecule has 230 valence electrons. The van der Waals surface area contributed by atoms with Crippen LogP contribution in [0, 0.1) is 6.92 Å². The molecule has 3 atom stereocenters. The zero-order valence-corrected chi connectivity index (χ0v) is 25.1. The first-order valence-corrected chi connectivity index (χ1v) is 15.9. The minimum Gasteiger partial charge on any atom is -0.339 e. The molecule has 1 amide bonds. The van der Waals surface area contributed by atoms with Crippen LogP contribution in [0.4, 0.5) is 13.2 Å². The van der Waals surface area contributed by atoms with E-state index in [1.165, 1.54) is 36.1 Å². The number of piperidine rings is 2. The van der Waals surface area contributed by atoms with E-state index in [1.54, 1.807) is 0 Å². The Bertz CT molecular complexity index is 1610. The van der Waals surface area contributed by atoms with Crippen molar-refractivity contribution in [3.8, 4) is 0 Å². The van der Waals surface area contributed by atoms with Crippen LogP contribution in [-0.4, -0.2) is 57.0 Å². The SMILES string of the molecule is Cc1nc2ccccc2n1C1C[C@H]2CC[C@@H](C1)N2CCC1(c2ccccc2)CCN(C(=O)c2ccc(C(F)(F)F)cc2)CC1. The molecule has 3 aliphatic rings. The standard InChI is InChI=1S/C36H39F3N4O/c1-25-40-32-9-5-6-10-33(32)43(25)31-23-29-15-16-30(24-31)42(29)22-19-35(27-7-3-2-4-8-27)17-20-41(21-18-35)34(44)26-11-13-28(14-12-26)36(37,38)39/h2-14,29-31H,15-24H2,1H3/t29-,30+,31?. The molecule has 0 aliphatic carbocycles. The third kappa shape index (κ3) is 5.31. The average Bonchev–Trinajstić information content (AvgIpc) is 3.50. The Morgan fingerprint density at radius 1 is 0.864 bits per heavy atom. The number of imidazole rings is 1. The van der Waals surface area contributed by atoms with Gasteiger partial charge in [-0.1, -0.05) is 42.5 Å². The lowest BCUT2D eigenvalue weighted by atomic mass is 9.70. The maximum Gasteiger partial charge on any atom is 0.416 e. The lowest BCUT2D eigenvalue weighted by Gasteiger charge is -2.45. The van der Waals surface area contributed by atoms with Gasteiger partial charge in [0.1, 0.15) is 5.82 Å². The number of amides is 1. The Balaban J connectivity index is 1.04. The zero-order chi connectivity index (χ0) is 30.5. The van der Waals surface area contributed by atoms with Gasteiger partial charge in [-0.25, -0.2) is 4.98 Å². The molecule has 4 aromatic rings. The van der Waals surface area contributed by atoms with Crippen LogP contribution in [0.15, 0.2) is 78.9 Å². The Hall–Kier alpha value is -3.65. The molecule has 3 fully saturated rings. The number of carbonyl (C=O) groups is 1. The number of halogens is 3. The fourth-order valence-corrected chi connectivity index (χ4v) is 8.39. The van der Waals surface area contributed by atoms with Crippen molar-refractivity contribution < 1.29 is 18.0 Å². The highest BCUT2D eigenvalue weighted by Gasteiger charge is 2.44. The maximum atomic E-state index is 13.3. The monoisotopic (exact) mass is 600 g/mol. The number of carbonyl (C=O) groups excluding carboxylic acids is 1. The first-order chi connectivity index (χ1) is 21.2. The molecular weight excluding hydrogens is 561 g/mol. The number of nitrogens with zero attached hydrogens (tertiary/aromatic N) is 4. The van der Waals surface area contributed by atoms with Crippen molar-refractivity contribution in [2.45, 2.75) is 81.6 Å². The van der Waals surface area contributed by atoms with Crippen LogP contribution in [0.1, 0.15) is 78.3 Å². The molecule has 8 heteroatoms. The lowest BCUT2D eigenvalue weighted by molar-refractivity contribution is -0.137. The van der Waals surface area contributed by atoms with E-state index >= 15 is 0 Å². The van der Waals surface area contributed by atoms with Crippen molar-refractivity contribution in [3.05, 3.63) is 101 Å². The predicted octanol–water partition coefficient (Wildman–Crippen LogP) is 7.80. The topological polar surface area (TPSA) is 41.4 Å². The van der Waals surface area contributed by atoms with Crippen LogP contribution < -0.4 is 0 Å². The van der Waals surface area contributed by atoms with Crippen LogP contribution in [-0.2, 0) is 11.6 Å². The van der Waals surface area contributed by atoms with E-state index in [0.29, 0.717) is 36.8 Å². The summed E-state index contributed by atoms with van der Waals surface area (Å²) in [5.41, 5.74) is 3.18. The molecule has 1 aromatic heterocycles. The van der Waals surface area contributed by atoms with Gasteiger partial charge in [-0.3, -0.25) is 9.69 Å². The number of aryl methyl sites for hydroxylation is 1. The number of aromatic nitrogens is 2. The van der Waals surface area contributed by atoms with E-state index < -0.39 is 11.7 Å². The number of rotatable bonds is 6. The normalized spacial score (nSPS) is 23.7. The highest BCUT2D eigenvalue weighted by molar-refractivity contribution is 5.94. The summed E-state index contributed by atoms with van der Waals surface area (Å²) < 4.78 is 41.6. The van der Waals surface area contributed by atoms with E-state index in [-0.39, 0.29) is 11.3 Å². The first-order valence-electron chi connectivity index (χ1n) is 15.9. The zero-order valence-electron chi connectivity index (χ0n) is 25.1. The second-order valence-corrected chi connectivity index (χ2v) is 13.0. The molecule has 3 saturated heterocycles. The fourth-order valence-electron chi connectivity index (χ4n) is 8.39. The molecular formula is C36H39F3N4O. The first kappa shape index (κ1) is 29.1. The quantitative estimate of drug-likeness (QED) is 0.227. The minimum absolute atomic E-state index is 0.0361. The molecule has 44 heavy (non-hydrogen) atoms. The van der Waals surface area contributed by atoms with E-state index in [2.05, 4.69) is 64.9 Å². The lowest BCUT2D eigenvalue weighted by Crippen LogP contribution is -2.49. The van der Waals surface area contributed by atoms with Crippen molar-refractivity contribution in [2.75, 3.05) is 19.6 Å². The van der Waals surface area contributed by atoms with Gasteiger partial charge in [0.15, 0.2) is 0 Å². The molecule has 0 radical (unpaired) electrons. The van der Waals surface area contributed by atoms with Gasteiger partial charge in [-0.2, -0.15) is 13.2 Å². The molecule has 3 aliphatic heterocycles. The highest BCUT2D eigenvalue weighted by atomic mass is 19.4. The number of hydrogen-bond acceptors (Lipinski definition) is 3. The molecule has 7 rings (SSSR count). The Labute approximate surface area is 256 Å². The number of fused-ring (bicyclic) bond motifs is 3. The third-order valence-electron chi connectivity index (χ3n) is 10.7. The highest BCUT2D eigenvalue weighted by Crippen LogP contribution is 2.45. The second-order valence-electron chi connectivity index (χ2n) is 13.0. The van der Waals surface area contributed by atoms with Gasteiger partial charge in [-0.15, -0.1) is 0 Å². The van der Waals surface area contributed by atoms with E-state index in [1.807, 2.05) is 11.0 Å². The summed E-state index contributed by atoms with van der Waals surface area (Å²) in [6.07, 6.45) is 3.07. The molecule has 1 unspecified atom stereocenters. The van der Waals surface area contributed by atoms with Crippen LogP contribution in [0.25, 0.3) is 11.0 Å². The van der Waals surface area contributed by atoms with Gasteiger partial charge in [0.25, 0.3) is 5.91 Å². The van der Waals surface area contributed by atoms with E-state index in [0.717, 1.165) is 62.1 Å². The van der Waals surface area contributed by atoms with Crippen LogP contribution in [0.5, 0.6) is 0 Å². The van der Waals surface area contributed by atoms with E-state index in [4.69, 9.17) is 4.98 Å². The molecule has 4 heterocycles. The Morgan fingerprint density at radius 2 is 1.50 bits per heavy atom. The van der Waals surface area contributed by atoms with Crippen LogP contribution in [0.2, 0.25) is 0 Å².